The van der Waals surface area contributed by atoms with E-state index in [0.717, 1.165) is 18.9 Å². The predicted molar refractivity (Wildman–Crippen MR) is 64.3 cm³/mol. The highest BCUT2D eigenvalue weighted by atomic mass is 19.2. The van der Waals surface area contributed by atoms with E-state index in [2.05, 4.69) is 6.92 Å². The van der Waals surface area contributed by atoms with Crippen LogP contribution in [0.4, 0.5) is 8.78 Å². The fourth-order valence-corrected chi connectivity index (χ4v) is 1.66. The second-order valence-corrected chi connectivity index (χ2v) is 3.95. The topological polar surface area (TPSA) is 9.23 Å². The van der Waals surface area contributed by atoms with Gasteiger partial charge in [0.05, 0.1) is 6.61 Å². The van der Waals surface area contributed by atoms with E-state index in [4.69, 9.17) is 4.74 Å². The molecule has 0 aliphatic rings. The van der Waals surface area contributed by atoms with Gasteiger partial charge in [-0.2, -0.15) is 0 Å². The summed E-state index contributed by atoms with van der Waals surface area (Å²) in [6, 6.07) is 7.75. The Morgan fingerprint density at radius 3 is 2.65 bits per heavy atom. The average Bonchev–Trinajstić information content (AvgIpc) is 2.35. The molecule has 0 amide bonds. The van der Waals surface area contributed by atoms with Gasteiger partial charge in [-0.1, -0.05) is 25.5 Å². The molecule has 2 rings (SSSR count). The van der Waals surface area contributed by atoms with Gasteiger partial charge in [0.15, 0.2) is 11.6 Å². The van der Waals surface area contributed by atoms with Crippen LogP contribution in [0, 0.1) is 11.6 Å². The van der Waals surface area contributed by atoms with Gasteiger partial charge in [0.25, 0.3) is 0 Å². The Morgan fingerprint density at radius 2 is 1.88 bits per heavy atom. The van der Waals surface area contributed by atoms with E-state index in [1.165, 1.54) is 0 Å². The Morgan fingerprint density at radius 1 is 1.12 bits per heavy atom. The predicted octanol–water partition coefficient (Wildman–Crippen LogP) is 4.30. The summed E-state index contributed by atoms with van der Waals surface area (Å²) in [4.78, 5) is 0. The maximum absolute atomic E-state index is 13.5. The summed E-state index contributed by atoms with van der Waals surface area (Å²) in [5.41, 5.74) is 0. The molecule has 2 aromatic carbocycles. The number of halogens is 2. The van der Waals surface area contributed by atoms with Crippen molar-refractivity contribution in [2.45, 2.75) is 19.8 Å². The van der Waals surface area contributed by atoms with Crippen molar-refractivity contribution in [2.75, 3.05) is 6.61 Å². The number of hydrogen-bond acceptors (Lipinski definition) is 1. The fourth-order valence-electron chi connectivity index (χ4n) is 1.66. The van der Waals surface area contributed by atoms with Crippen LogP contribution in [-0.4, -0.2) is 6.61 Å². The van der Waals surface area contributed by atoms with Crippen LogP contribution < -0.4 is 4.74 Å². The standard InChI is InChI=1S/C14H14F2O/c1-2-3-8-17-11-6-4-10-5-7-13(15)14(16)12(10)9-11/h4-7,9H,2-3,8H2,1H3. The molecule has 0 heterocycles. The first-order valence-corrected chi connectivity index (χ1v) is 5.73. The number of fused-ring (bicyclic) bond motifs is 1. The molecule has 0 fully saturated rings. The molecule has 0 atom stereocenters. The lowest BCUT2D eigenvalue weighted by Crippen LogP contribution is -1.96. The summed E-state index contributed by atoms with van der Waals surface area (Å²) in [7, 11) is 0. The van der Waals surface area contributed by atoms with Crippen LogP contribution in [0.15, 0.2) is 30.3 Å². The first-order valence-electron chi connectivity index (χ1n) is 5.73. The first-order chi connectivity index (χ1) is 8.22. The minimum atomic E-state index is -0.830. The third-order valence-corrected chi connectivity index (χ3v) is 2.65. The number of hydrogen-bond donors (Lipinski definition) is 0. The van der Waals surface area contributed by atoms with E-state index in [0.29, 0.717) is 17.7 Å². The third-order valence-electron chi connectivity index (χ3n) is 2.65. The van der Waals surface area contributed by atoms with Gasteiger partial charge in [-0.15, -0.1) is 0 Å². The summed E-state index contributed by atoms with van der Waals surface area (Å²) in [6.45, 7) is 2.66. The maximum Gasteiger partial charge on any atom is 0.166 e. The average molecular weight is 236 g/mol. The van der Waals surface area contributed by atoms with Crippen molar-refractivity contribution in [3.63, 3.8) is 0 Å². The molecule has 0 aliphatic carbocycles. The zero-order valence-electron chi connectivity index (χ0n) is 9.67. The summed E-state index contributed by atoms with van der Waals surface area (Å²) in [5, 5.41) is 0.936. The molecule has 0 radical (unpaired) electrons. The van der Waals surface area contributed by atoms with Crippen molar-refractivity contribution in [3.05, 3.63) is 42.0 Å². The molecule has 0 aliphatic heterocycles. The van der Waals surface area contributed by atoms with Gasteiger partial charge in [-0.25, -0.2) is 8.78 Å². The normalized spacial score (nSPS) is 10.8. The highest BCUT2D eigenvalue weighted by Gasteiger charge is 2.07. The minimum absolute atomic E-state index is 0.263. The van der Waals surface area contributed by atoms with Gasteiger partial charge in [0, 0.05) is 5.39 Å². The van der Waals surface area contributed by atoms with Gasteiger partial charge in [-0.3, -0.25) is 0 Å². The molecule has 1 nitrogen and oxygen atoms in total. The van der Waals surface area contributed by atoms with Crippen molar-refractivity contribution in [2.24, 2.45) is 0 Å². The molecule has 90 valence electrons. The molecule has 0 spiro atoms. The van der Waals surface area contributed by atoms with E-state index < -0.39 is 11.6 Å². The second-order valence-electron chi connectivity index (χ2n) is 3.95. The van der Waals surface area contributed by atoms with Crippen LogP contribution in [0.5, 0.6) is 5.75 Å². The summed E-state index contributed by atoms with van der Waals surface area (Å²) >= 11 is 0. The quantitative estimate of drug-likeness (QED) is 0.719. The Hall–Kier alpha value is -1.64. The number of rotatable bonds is 4. The molecule has 0 bridgehead atoms. The smallest absolute Gasteiger partial charge is 0.166 e. The third kappa shape index (κ3) is 2.54. The van der Waals surface area contributed by atoms with E-state index in [1.807, 2.05) is 0 Å². The zero-order chi connectivity index (χ0) is 12.3. The summed E-state index contributed by atoms with van der Waals surface area (Å²) < 4.78 is 32.1. The lowest BCUT2D eigenvalue weighted by Gasteiger charge is -2.07. The van der Waals surface area contributed by atoms with Gasteiger partial charge in [0.1, 0.15) is 5.75 Å². The number of benzene rings is 2. The number of ether oxygens (including phenoxy) is 1. The molecule has 3 heteroatoms. The molecule has 17 heavy (non-hydrogen) atoms. The molecular weight excluding hydrogens is 222 g/mol. The lowest BCUT2D eigenvalue weighted by atomic mass is 10.1. The van der Waals surface area contributed by atoms with Crippen molar-refractivity contribution < 1.29 is 13.5 Å². The van der Waals surface area contributed by atoms with Crippen molar-refractivity contribution >= 4 is 10.8 Å². The highest BCUT2D eigenvalue weighted by molar-refractivity contribution is 5.84. The van der Waals surface area contributed by atoms with Crippen LogP contribution >= 0.6 is 0 Å². The Balaban J connectivity index is 2.32. The van der Waals surface area contributed by atoms with Crippen molar-refractivity contribution in [1.82, 2.24) is 0 Å². The van der Waals surface area contributed by atoms with Crippen molar-refractivity contribution in [3.8, 4) is 5.75 Å². The molecule has 2 aromatic rings. The summed E-state index contributed by atoms with van der Waals surface area (Å²) in [6.07, 6.45) is 1.99. The molecule has 0 unspecified atom stereocenters. The summed E-state index contributed by atoms with van der Waals surface area (Å²) in [5.74, 6) is -1.07. The van der Waals surface area contributed by atoms with Gasteiger partial charge < -0.3 is 4.74 Å². The van der Waals surface area contributed by atoms with Crippen LogP contribution in [0.25, 0.3) is 10.8 Å². The van der Waals surface area contributed by atoms with Crippen LogP contribution in [0.2, 0.25) is 0 Å². The second kappa shape index (κ2) is 5.13. The fraction of sp³-hybridized carbons (Fsp3) is 0.286. The monoisotopic (exact) mass is 236 g/mol. The maximum atomic E-state index is 13.5. The SMILES string of the molecule is CCCCOc1ccc2ccc(F)c(F)c2c1. The Kier molecular flexibility index (Phi) is 3.57. The van der Waals surface area contributed by atoms with Crippen LogP contribution in [0.1, 0.15) is 19.8 Å². The first kappa shape index (κ1) is 11.8. The minimum Gasteiger partial charge on any atom is -0.494 e. The van der Waals surface area contributed by atoms with E-state index in [9.17, 15) is 8.78 Å². The number of unbranched alkanes of at least 4 members (excludes halogenated alkanes) is 1. The Labute approximate surface area is 99.0 Å². The van der Waals surface area contributed by atoms with E-state index in [1.54, 1.807) is 24.3 Å². The Bertz CT molecular complexity index is 523. The zero-order valence-corrected chi connectivity index (χ0v) is 9.67. The highest BCUT2D eigenvalue weighted by Crippen LogP contribution is 2.25. The lowest BCUT2D eigenvalue weighted by molar-refractivity contribution is 0.309. The molecule has 0 saturated heterocycles. The molecule has 0 N–H and O–H groups in total. The molecule has 0 aromatic heterocycles. The van der Waals surface area contributed by atoms with Gasteiger partial charge in [0.2, 0.25) is 0 Å². The van der Waals surface area contributed by atoms with Crippen molar-refractivity contribution in [1.29, 1.82) is 0 Å². The van der Waals surface area contributed by atoms with Gasteiger partial charge >= 0.3 is 0 Å². The van der Waals surface area contributed by atoms with E-state index in [-0.39, 0.29) is 5.39 Å². The van der Waals surface area contributed by atoms with Crippen LogP contribution in [-0.2, 0) is 0 Å². The largest absolute Gasteiger partial charge is 0.494 e. The van der Waals surface area contributed by atoms with E-state index >= 15 is 0 Å². The van der Waals surface area contributed by atoms with Gasteiger partial charge in [-0.05, 0) is 30.0 Å². The molecular formula is C14H14F2O. The molecule has 0 saturated carbocycles. The van der Waals surface area contributed by atoms with Crippen LogP contribution in [0.3, 0.4) is 0 Å².